The number of pyridine rings is 1. The molecule has 1 aromatic carbocycles. The van der Waals surface area contributed by atoms with E-state index in [1.165, 1.54) is 17.5 Å². The minimum atomic E-state index is -0.0578. The Labute approximate surface area is 154 Å². The van der Waals surface area contributed by atoms with Crippen LogP contribution >= 0.6 is 0 Å². The molecule has 2 aliphatic rings. The number of aromatic nitrogens is 1. The summed E-state index contributed by atoms with van der Waals surface area (Å²) in [6, 6.07) is 10.1. The minimum Gasteiger partial charge on any atom is -0.376 e. The van der Waals surface area contributed by atoms with Crippen molar-refractivity contribution in [2.24, 2.45) is 0 Å². The molecule has 5 heteroatoms. The third kappa shape index (κ3) is 3.88. The summed E-state index contributed by atoms with van der Waals surface area (Å²) in [5.41, 5.74) is 4.69. The van der Waals surface area contributed by atoms with Gasteiger partial charge in [-0.2, -0.15) is 0 Å². The molecular weight excluding hydrogens is 326 g/mol. The van der Waals surface area contributed by atoms with Gasteiger partial charge >= 0.3 is 6.03 Å². The van der Waals surface area contributed by atoms with Crippen molar-refractivity contribution in [2.75, 3.05) is 18.5 Å². The maximum atomic E-state index is 13.0. The SMILES string of the molecule is O=C(Nc1cccc2c1CCC2)N(Cc1ccncc1)C[C@H]1CCCO1. The number of carbonyl (C=O) groups is 1. The number of aryl methyl sites for hydroxylation is 1. The first kappa shape index (κ1) is 17.0. The van der Waals surface area contributed by atoms with Gasteiger partial charge in [0, 0.05) is 37.8 Å². The number of anilines is 1. The largest absolute Gasteiger partial charge is 0.376 e. The van der Waals surface area contributed by atoms with Crippen molar-refractivity contribution in [3.05, 3.63) is 59.4 Å². The Morgan fingerprint density at radius 1 is 1.19 bits per heavy atom. The van der Waals surface area contributed by atoms with Crippen molar-refractivity contribution in [1.82, 2.24) is 9.88 Å². The summed E-state index contributed by atoms with van der Waals surface area (Å²) in [4.78, 5) is 19.0. The van der Waals surface area contributed by atoms with Crippen LogP contribution in [0.4, 0.5) is 10.5 Å². The Morgan fingerprint density at radius 3 is 2.88 bits per heavy atom. The van der Waals surface area contributed by atoms with Crippen molar-refractivity contribution < 1.29 is 9.53 Å². The predicted octanol–water partition coefficient (Wildman–Crippen LogP) is 3.78. The minimum absolute atomic E-state index is 0.0578. The molecular formula is C21H25N3O2. The fraction of sp³-hybridized carbons (Fsp3) is 0.429. The Morgan fingerprint density at radius 2 is 2.08 bits per heavy atom. The van der Waals surface area contributed by atoms with Crippen LogP contribution in [-0.4, -0.2) is 35.2 Å². The number of fused-ring (bicyclic) bond motifs is 1. The Hall–Kier alpha value is -2.40. The normalized spacial score (nSPS) is 18.5. The zero-order valence-corrected chi connectivity index (χ0v) is 15.0. The van der Waals surface area contributed by atoms with Crippen molar-refractivity contribution in [2.45, 2.75) is 44.8 Å². The van der Waals surface area contributed by atoms with E-state index in [0.717, 1.165) is 43.5 Å². The molecule has 1 N–H and O–H groups in total. The fourth-order valence-corrected chi connectivity index (χ4v) is 3.89. The first-order chi connectivity index (χ1) is 12.8. The molecule has 1 saturated heterocycles. The molecule has 1 atom stereocenters. The first-order valence-electron chi connectivity index (χ1n) is 9.47. The Bertz CT molecular complexity index is 757. The molecule has 1 aliphatic heterocycles. The van der Waals surface area contributed by atoms with Crippen molar-refractivity contribution in [1.29, 1.82) is 0 Å². The van der Waals surface area contributed by atoms with E-state index in [1.807, 2.05) is 29.2 Å². The molecule has 1 aromatic heterocycles. The Kier molecular flexibility index (Phi) is 5.16. The number of hydrogen-bond donors (Lipinski definition) is 1. The van der Waals surface area contributed by atoms with Gasteiger partial charge in [-0.25, -0.2) is 4.79 Å². The topological polar surface area (TPSA) is 54.5 Å². The summed E-state index contributed by atoms with van der Waals surface area (Å²) in [7, 11) is 0. The average molecular weight is 351 g/mol. The van der Waals surface area contributed by atoms with E-state index in [4.69, 9.17) is 4.74 Å². The van der Waals surface area contributed by atoms with Gasteiger partial charge < -0.3 is 15.0 Å². The molecule has 2 aromatic rings. The van der Waals surface area contributed by atoms with Crippen LogP contribution in [0.5, 0.6) is 0 Å². The Balaban J connectivity index is 1.50. The highest BCUT2D eigenvalue weighted by Gasteiger charge is 2.24. The summed E-state index contributed by atoms with van der Waals surface area (Å²) in [5, 5.41) is 3.15. The number of hydrogen-bond acceptors (Lipinski definition) is 3. The average Bonchev–Trinajstić information content (AvgIpc) is 3.34. The highest BCUT2D eigenvalue weighted by Crippen LogP contribution is 2.29. The second kappa shape index (κ2) is 7.87. The molecule has 5 nitrogen and oxygen atoms in total. The van der Waals surface area contributed by atoms with Crippen LogP contribution in [0.25, 0.3) is 0 Å². The summed E-state index contributed by atoms with van der Waals surface area (Å²) >= 11 is 0. The quantitative estimate of drug-likeness (QED) is 0.892. The third-order valence-electron chi connectivity index (χ3n) is 5.25. The van der Waals surface area contributed by atoms with Crippen LogP contribution in [0.2, 0.25) is 0 Å². The third-order valence-corrected chi connectivity index (χ3v) is 5.25. The summed E-state index contributed by atoms with van der Waals surface area (Å²) in [5.74, 6) is 0. The summed E-state index contributed by atoms with van der Waals surface area (Å²) < 4.78 is 5.76. The molecule has 0 saturated carbocycles. The highest BCUT2D eigenvalue weighted by atomic mass is 16.5. The number of nitrogens with zero attached hydrogens (tertiary/aromatic N) is 2. The molecule has 0 bridgehead atoms. The van der Waals surface area contributed by atoms with E-state index >= 15 is 0 Å². The molecule has 26 heavy (non-hydrogen) atoms. The number of ether oxygens (including phenoxy) is 1. The van der Waals surface area contributed by atoms with Gasteiger partial charge in [0.25, 0.3) is 0 Å². The monoisotopic (exact) mass is 351 g/mol. The highest BCUT2D eigenvalue weighted by molar-refractivity contribution is 5.90. The molecule has 0 unspecified atom stereocenters. The molecule has 2 heterocycles. The van der Waals surface area contributed by atoms with Crippen LogP contribution in [0.15, 0.2) is 42.7 Å². The molecule has 4 rings (SSSR count). The van der Waals surface area contributed by atoms with E-state index in [0.29, 0.717) is 13.1 Å². The van der Waals surface area contributed by atoms with E-state index in [1.54, 1.807) is 12.4 Å². The molecule has 2 amide bonds. The van der Waals surface area contributed by atoms with Crippen LogP contribution in [-0.2, 0) is 24.1 Å². The zero-order valence-electron chi connectivity index (χ0n) is 15.0. The molecule has 1 fully saturated rings. The van der Waals surface area contributed by atoms with Crippen LogP contribution in [0.3, 0.4) is 0 Å². The first-order valence-corrected chi connectivity index (χ1v) is 9.47. The van der Waals surface area contributed by atoms with Crippen molar-refractivity contribution in [3.8, 4) is 0 Å². The number of nitrogens with one attached hydrogen (secondary N) is 1. The smallest absolute Gasteiger partial charge is 0.322 e. The number of amides is 2. The number of rotatable bonds is 5. The predicted molar refractivity (Wildman–Crippen MR) is 101 cm³/mol. The lowest BCUT2D eigenvalue weighted by molar-refractivity contribution is 0.0819. The lowest BCUT2D eigenvalue weighted by atomic mass is 10.1. The van der Waals surface area contributed by atoms with Gasteiger partial charge in [0.15, 0.2) is 0 Å². The van der Waals surface area contributed by atoms with Crippen LogP contribution in [0, 0.1) is 0 Å². The lowest BCUT2D eigenvalue weighted by Gasteiger charge is -2.26. The van der Waals surface area contributed by atoms with Gasteiger partial charge in [0.05, 0.1) is 6.10 Å². The van der Waals surface area contributed by atoms with Gasteiger partial charge in [0.2, 0.25) is 0 Å². The standard InChI is InChI=1S/C21H25N3O2/c25-21(23-20-8-2-5-17-4-1-7-19(17)20)24(15-18-6-3-13-26-18)14-16-9-11-22-12-10-16/h2,5,8-12,18H,1,3-4,6-7,13-15H2,(H,23,25)/t18-/m1/s1. The van der Waals surface area contributed by atoms with E-state index < -0.39 is 0 Å². The molecule has 0 radical (unpaired) electrons. The maximum absolute atomic E-state index is 13.0. The lowest BCUT2D eigenvalue weighted by Crippen LogP contribution is -2.39. The van der Waals surface area contributed by atoms with E-state index in [2.05, 4.69) is 16.4 Å². The second-order valence-corrected chi connectivity index (χ2v) is 7.10. The van der Waals surface area contributed by atoms with Gasteiger partial charge in [0.1, 0.15) is 0 Å². The van der Waals surface area contributed by atoms with E-state index in [-0.39, 0.29) is 12.1 Å². The molecule has 0 spiro atoms. The van der Waals surface area contributed by atoms with Crippen molar-refractivity contribution >= 4 is 11.7 Å². The summed E-state index contributed by atoms with van der Waals surface area (Å²) in [6.45, 7) is 1.97. The van der Waals surface area contributed by atoms with Crippen LogP contribution in [0.1, 0.15) is 36.0 Å². The fourth-order valence-electron chi connectivity index (χ4n) is 3.89. The van der Waals surface area contributed by atoms with E-state index in [9.17, 15) is 4.79 Å². The zero-order chi connectivity index (χ0) is 17.8. The van der Waals surface area contributed by atoms with Gasteiger partial charge in [-0.05, 0) is 67.0 Å². The number of benzene rings is 1. The van der Waals surface area contributed by atoms with Gasteiger partial charge in [-0.1, -0.05) is 12.1 Å². The maximum Gasteiger partial charge on any atom is 0.322 e. The van der Waals surface area contributed by atoms with Gasteiger partial charge in [-0.15, -0.1) is 0 Å². The number of carbonyl (C=O) groups excluding carboxylic acids is 1. The molecule has 136 valence electrons. The summed E-state index contributed by atoms with van der Waals surface area (Å²) in [6.07, 6.45) is 9.06. The second-order valence-electron chi connectivity index (χ2n) is 7.10. The molecule has 1 aliphatic carbocycles. The number of urea groups is 1. The van der Waals surface area contributed by atoms with Gasteiger partial charge in [-0.3, -0.25) is 4.98 Å². The van der Waals surface area contributed by atoms with Crippen LogP contribution < -0.4 is 5.32 Å². The van der Waals surface area contributed by atoms with Crippen molar-refractivity contribution in [3.63, 3.8) is 0 Å².